The molecule has 1 amide bonds. The molecule has 1 heterocycles. The van der Waals surface area contributed by atoms with Crippen molar-refractivity contribution in [1.82, 2.24) is 5.32 Å². The second-order valence-electron chi connectivity index (χ2n) is 6.78. The highest BCUT2D eigenvalue weighted by Crippen LogP contribution is 2.45. The number of rotatable bonds is 5. The van der Waals surface area contributed by atoms with E-state index in [1.54, 1.807) is 0 Å². The number of carboxylic acid groups (broad SMARTS) is 1. The predicted molar refractivity (Wildman–Crippen MR) is 85.2 cm³/mol. The third-order valence-electron chi connectivity index (χ3n) is 5.34. The second kappa shape index (κ2) is 5.96. The number of carbonyl (C=O) groups is 2. The quantitative estimate of drug-likeness (QED) is 0.871. The first-order valence-electron chi connectivity index (χ1n) is 8.16. The summed E-state index contributed by atoms with van der Waals surface area (Å²) in [7, 11) is 0. The van der Waals surface area contributed by atoms with Crippen molar-refractivity contribution in [2.24, 2.45) is 5.41 Å². The zero-order valence-corrected chi connectivity index (χ0v) is 13.4. The van der Waals surface area contributed by atoms with Gasteiger partial charge >= 0.3 is 5.97 Å². The lowest BCUT2D eigenvalue weighted by molar-refractivity contribution is -0.143. The average molecular weight is 317 g/mol. The molecular formula is C18H23NO4. The maximum atomic E-state index is 13.0. The van der Waals surface area contributed by atoms with Crippen LogP contribution >= 0.6 is 0 Å². The van der Waals surface area contributed by atoms with Crippen LogP contribution in [0.3, 0.4) is 0 Å². The van der Waals surface area contributed by atoms with E-state index in [9.17, 15) is 14.7 Å². The number of carboxylic acids is 1. The lowest BCUT2D eigenvalue weighted by Gasteiger charge is -2.37. The number of carbonyl (C=O) groups excluding carboxylic acids is 1. The molecule has 23 heavy (non-hydrogen) atoms. The molecule has 5 heteroatoms. The molecule has 1 saturated heterocycles. The number of aryl methyl sites for hydroxylation is 1. The monoisotopic (exact) mass is 317 g/mol. The molecule has 2 N–H and O–H groups in total. The second-order valence-corrected chi connectivity index (χ2v) is 6.78. The van der Waals surface area contributed by atoms with Crippen molar-refractivity contribution in [1.29, 1.82) is 0 Å². The Kier molecular flexibility index (Phi) is 4.15. The van der Waals surface area contributed by atoms with Gasteiger partial charge in [0, 0.05) is 19.8 Å². The summed E-state index contributed by atoms with van der Waals surface area (Å²) in [6.07, 6.45) is 2.54. The lowest BCUT2D eigenvalue weighted by Crippen LogP contribution is -2.50. The molecule has 0 bridgehead atoms. The molecule has 1 aliphatic carbocycles. The van der Waals surface area contributed by atoms with Gasteiger partial charge in [-0.3, -0.25) is 9.59 Å². The van der Waals surface area contributed by atoms with Crippen LogP contribution in [0.1, 0.15) is 36.8 Å². The van der Waals surface area contributed by atoms with E-state index in [-0.39, 0.29) is 12.5 Å². The first kappa shape index (κ1) is 16.0. The molecule has 1 saturated carbocycles. The normalized spacial score (nSPS) is 21.4. The van der Waals surface area contributed by atoms with Crippen LogP contribution in [0, 0.1) is 12.3 Å². The van der Waals surface area contributed by atoms with Gasteiger partial charge in [0.15, 0.2) is 0 Å². The molecule has 0 aromatic heterocycles. The minimum Gasteiger partial charge on any atom is -0.481 e. The van der Waals surface area contributed by atoms with Gasteiger partial charge in [0.05, 0.1) is 10.8 Å². The van der Waals surface area contributed by atoms with Crippen molar-refractivity contribution >= 4 is 11.9 Å². The molecule has 0 radical (unpaired) electrons. The highest BCUT2D eigenvalue weighted by Gasteiger charge is 2.51. The summed E-state index contributed by atoms with van der Waals surface area (Å²) in [6.45, 7) is 3.33. The summed E-state index contributed by atoms with van der Waals surface area (Å²) in [4.78, 5) is 24.3. The standard InChI is InChI=1S/C18H23NO4/c1-13-4-2-3-5-14(13)18(8-10-23-11-9-18)15(20)19-12-17(6-7-17)16(21)22/h2-5H,6-12H2,1H3,(H,19,20)(H,21,22). The third kappa shape index (κ3) is 2.85. The van der Waals surface area contributed by atoms with E-state index in [4.69, 9.17) is 4.74 Å². The number of nitrogens with one attached hydrogen (secondary N) is 1. The molecule has 1 aliphatic heterocycles. The van der Waals surface area contributed by atoms with Gasteiger partial charge in [0.25, 0.3) is 0 Å². The molecule has 1 aromatic carbocycles. The Hall–Kier alpha value is -1.88. The molecular weight excluding hydrogens is 294 g/mol. The highest BCUT2D eigenvalue weighted by atomic mass is 16.5. The molecule has 0 unspecified atom stereocenters. The summed E-state index contributed by atoms with van der Waals surface area (Å²) in [6, 6.07) is 7.93. The summed E-state index contributed by atoms with van der Waals surface area (Å²) in [5.74, 6) is -0.877. The molecule has 2 fully saturated rings. The largest absolute Gasteiger partial charge is 0.481 e. The van der Waals surface area contributed by atoms with Crippen molar-refractivity contribution in [3.63, 3.8) is 0 Å². The molecule has 124 valence electrons. The Labute approximate surface area is 136 Å². The van der Waals surface area contributed by atoms with Crippen LogP contribution in [0.25, 0.3) is 0 Å². The van der Waals surface area contributed by atoms with Gasteiger partial charge in [-0.05, 0) is 43.7 Å². The van der Waals surface area contributed by atoms with Crippen LogP contribution in [0.5, 0.6) is 0 Å². The fourth-order valence-electron chi connectivity index (χ4n) is 3.48. The molecule has 5 nitrogen and oxygen atoms in total. The summed E-state index contributed by atoms with van der Waals surface area (Å²) >= 11 is 0. The highest BCUT2D eigenvalue weighted by molar-refractivity contribution is 5.89. The molecule has 0 atom stereocenters. The molecule has 2 aliphatic rings. The fourth-order valence-corrected chi connectivity index (χ4v) is 3.48. The van der Waals surface area contributed by atoms with Crippen molar-refractivity contribution in [2.45, 2.75) is 38.0 Å². The third-order valence-corrected chi connectivity index (χ3v) is 5.34. The summed E-state index contributed by atoms with van der Waals surface area (Å²) < 4.78 is 5.46. The maximum Gasteiger partial charge on any atom is 0.311 e. The van der Waals surface area contributed by atoms with Gasteiger partial charge in [0.1, 0.15) is 0 Å². The van der Waals surface area contributed by atoms with Crippen molar-refractivity contribution in [3.8, 4) is 0 Å². The Bertz CT molecular complexity index is 615. The first-order chi connectivity index (χ1) is 11.0. The van der Waals surface area contributed by atoms with Gasteiger partial charge in [-0.15, -0.1) is 0 Å². The van der Waals surface area contributed by atoms with Gasteiger partial charge < -0.3 is 15.2 Å². The maximum absolute atomic E-state index is 13.0. The van der Waals surface area contributed by atoms with Crippen LogP contribution in [0.4, 0.5) is 0 Å². The topological polar surface area (TPSA) is 75.6 Å². The average Bonchev–Trinajstić information content (AvgIpc) is 3.35. The van der Waals surface area contributed by atoms with E-state index in [1.807, 2.05) is 31.2 Å². The first-order valence-corrected chi connectivity index (χ1v) is 8.16. The smallest absolute Gasteiger partial charge is 0.311 e. The minimum absolute atomic E-state index is 0.0670. The van der Waals surface area contributed by atoms with Crippen LogP contribution in [0.2, 0.25) is 0 Å². The van der Waals surface area contributed by atoms with E-state index in [0.717, 1.165) is 11.1 Å². The van der Waals surface area contributed by atoms with Crippen LogP contribution in [0.15, 0.2) is 24.3 Å². The Morgan fingerprint density at radius 2 is 1.83 bits per heavy atom. The lowest BCUT2D eigenvalue weighted by atomic mass is 9.71. The van der Waals surface area contributed by atoms with Crippen LogP contribution < -0.4 is 5.32 Å². The summed E-state index contributed by atoms with van der Waals surface area (Å²) in [5.41, 5.74) is 0.760. The van der Waals surface area contributed by atoms with Crippen LogP contribution in [-0.4, -0.2) is 36.7 Å². The molecule has 3 rings (SSSR count). The SMILES string of the molecule is Cc1ccccc1C1(C(=O)NCC2(C(=O)O)CC2)CCOCC1. The number of amides is 1. The zero-order chi connectivity index (χ0) is 16.5. The Morgan fingerprint density at radius 1 is 1.17 bits per heavy atom. The number of hydrogen-bond acceptors (Lipinski definition) is 3. The van der Waals surface area contributed by atoms with E-state index >= 15 is 0 Å². The van der Waals surface area contributed by atoms with Gasteiger partial charge in [0.2, 0.25) is 5.91 Å². The van der Waals surface area contributed by atoms with Crippen molar-refractivity contribution < 1.29 is 19.4 Å². The van der Waals surface area contributed by atoms with E-state index in [0.29, 0.717) is 38.9 Å². The number of benzene rings is 1. The fraction of sp³-hybridized carbons (Fsp3) is 0.556. The number of aliphatic carboxylic acids is 1. The van der Waals surface area contributed by atoms with E-state index in [1.165, 1.54) is 0 Å². The van der Waals surface area contributed by atoms with E-state index < -0.39 is 16.8 Å². The van der Waals surface area contributed by atoms with Gasteiger partial charge in [-0.2, -0.15) is 0 Å². The Balaban J connectivity index is 1.83. The minimum atomic E-state index is -0.810. The number of hydrogen-bond donors (Lipinski definition) is 2. The molecule has 0 spiro atoms. The van der Waals surface area contributed by atoms with Gasteiger partial charge in [-0.25, -0.2) is 0 Å². The summed E-state index contributed by atoms with van der Waals surface area (Å²) in [5, 5.41) is 12.2. The van der Waals surface area contributed by atoms with Gasteiger partial charge in [-0.1, -0.05) is 24.3 Å². The Morgan fingerprint density at radius 3 is 2.39 bits per heavy atom. The number of ether oxygens (including phenoxy) is 1. The van der Waals surface area contributed by atoms with Crippen molar-refractivity contribution in [3.05, 3.63) is 35.4 Å². The zero-order valence-electron chi connectivity index (χ0n) is 13.4. The van der Waals surface area contributed by atoms with Crippen LogP contribution in [-0.2, 0) is 19.7 Å². The predicted octanol–water partition coefficient (Wildman–Crippen LogP) is 2.02. The van der Waals surface area contributed by atoms with Crippen molar-refractivity contribution in [2.75, 3.05) is 19.8 Å². The van der Waals surface area contributed by atoms with E-state index in [2.05, 4.69) is 5.32 Å². The molecule has 1 aromatic rings.